The van der Waals surface area contributed by atoms with Crippen LogP contribution in [0.5, 0.6) is 0 Å². The number of anilines is 1. The summed E-state index contributed by atoms with van der Waals surface area (Å²) in [5, 5.41) is 0. The van der Waals surface area contributed by atoms with Gasteiger partial charge in [-0.15, -0.1) is 0 Å². The average molecular weight is 447 g/mol. The van der Waals surface area contributed by atoms with Gasteiger partial charge in [0.25, 0.3) is 0 Å². The standard InChI is InChI=1S/C24H29F3N4O/c25-24(26,27)20-8-4-6-18(22(28)32)21(20)19-7-5-11-29-23(19)31-14-9-17(10-15-31)16-30-12-2-1-3-13-30/h4-8,11,17H,1-3,9-10,12-16H2,(H2,28,32). The van der Waals surface area contributed by atoms with Crippen LogP contribution in [0.25, 0.3) is 11.1 Å². The molecule has 0 bridgehead atoms. The second-order valence-electron chi connectivity index (χ2n) is 8.76. The first kappa shape index (κ1) is 22.6. The van der Waals surface area contributed by atoms with Crippen LogP contribution < -0.4 is 10.6 Å². The third-order valence-electron chi connectivity index (χ3n) is 6.57. The van der Waals surface area contributed by atoms with E-state index in [4.69, 9.17) is 5.73 Å². The molecule has 2 saturated heterocycles. The summed E-state index contributed by atoms with van der Waals surface area (Å²) in [6.45, 7) is 4.86. The van der Waals surface area contributed by atoms with Crippen LogP contribution >= 0.6 is 0 Å². The van der Waals surface area contributed by atoms with E-state index in [0.717, 1.165) is 51.6 Å². The number of likely N-dealkylation sites (tertiary alicyclic amines) is 1. The molecule has 32 heavy (non-hydrogen) atoms. The quantitative estimate of drug-likeness (QED) is 0.731. The maximum Gasteiger partial charge on any atom is 0.417 e. The van der Waals surface area contributed by atoms with Gasteiger partial charge in [0.2, 0.25) is 5.91 Å². The van der Waals surface area contributed by atoms with Crippen molar-refractivity contribution < 1.29 is 18.0 Å². The van der Waals surface area contributed by atoms with Crippen molar-refractivity contribution in [3.05, 3.63) is 47.7 Å². The normalized spacial score (nSPS) is 18.7. The highest BCUT2D eigenvalue weighted by molar-refractivity contribution is 6.02. The fourth-order valence-corrected chi connectivity index (χ4v) is 4.96. The van der Waals surface area contributed by atoms with Crippen molar-refractivity contribution in [1.29, 1.82) is 0 Å². The Bertz CT molecular complexity index is 949. The zero-order valence-corrected chi connectivity index (χ0v) is 18.1. The number of alkyl halides is 3. The summed E-state index contributed by atoms with van der Waals surface area (Å²) in [5.41, 5.74) is 4.54. The number of halogens is 3. The summed E-state index contributed by atoms with van der Waals surface area (Å²) in [4.78, 5) is 21.0. The van der Waals surface area contributed by atoms with Crippen LogP contribution in [0.15, 0.2) is 36.5 Å². The molecule has 3 heterocycles. The Labute approximate surface area is 186 Å². The lowest BCUT2D eigenvalue weighted by Gasteiger charge is -2.37. The highest BCUT2D eigenvalue weighted by Gasteiger charge is 2.36. The maximum atomic E-state index is 13.8. The molecule has 1 aromatic carbocycles. The van der Waals surface area contributed by atoms with E-state index in [1.54, 1.807) is 18.3 Å². The fraction of sp³-hybridized carbons (Fsp3) is 0.500. The summed E-state index contributed by atoms with van der Waals surface area (Å²) in [7, 11) is 0. The number of hydrogen-bond acceptors (Lipinski definition) is 4. The second-order valence-corrected chi connectivity index (χ2v) is 8.76. The zero-order chi connectivity index (χ0) is 22.7. The minimum Gasteiger partial charge on any atom is -0.366 e. The summed E-state index contributed by atoms with van der Waals surface area (Å²) < 4.78 is 41.5. The molecular weight excluding hydrogens is 417 g/mol. The third kappa shape index (κ3) is 4.90. The number of benzene rings is 1. The number of nitrogens with two attached hydrogens (primary N) is 1. The predicted molar refractivity (Wildman–Crippen MR) is 118 cm³/mol. The van der Waals surface area contributed by atoms with Gasteiger partial charge in [0.15, 0.2) is 0 Å². The van der Waals surface area contributed by atoms with Gasteiger partial charge in [-0.05, 0) is 69.0 Å². The molecule has 4 rings (SSSR count). The van der Waals surface area contributed by atoms with E-state index in [0.29, 0.717) is 17.3 Å². The number of primary amides is 1. The van der Waals surface area contributed by atoms with Gasteiger partial charge in [-0.25, -0.2) is 4.98 Å². The number of aromatic nitrogens is 1. The van der Waals surface area contributed by atoms with E-state index in [9.17, 15) is 18.0 Å². The lowest BCUT2D eigenvalue weighted by molar-refractivity contribution is -0.137. The first-order valence-corrected chi connectivity index (χ1v) is 11.3. The van der Waals surface area contributed by atoms with Crippen LogP contribution in [0.3, 0.4) is 0 Å². The smallest absolute Gasteiger partial charge is 0.366 e. The molecule has 0 unspecified atom stereocenters. The molecule has 5 nitrogen and oxygen atoms in total. The third-order valence-corrected chi connectivity index (χ3v) is 6.57. The minimum atomic E-state index is -4.62. The number of nitrogens with zero attached hydrogens (tertiary/aromatic N) is 3. The van der Waals surface area contributed by atoms with Crippen molar-refractivity contribution in [3.63, 3.8) is 0 Å². The van der Waals surface area contributed by atoms with Crippen molar-refractivity contribution in [2.75, 3.05) is 37.6 Å². The average Bonchev–Trinajstić information content (AvgIpc) is 2.79. The number of amides is 1. The number of hydrogen-bond donors (Lipinski definition) is 1. The van der Waals surface area contributed by atoms with Gasteiger partial charge in [0.05, 0.1) is 5.56 Å². The van der Waals surface area contributed by atoms with E-state index in [2.05, 4.69) is 9.88 Å². The van der Waals surface area contributed by atoms with Gasteiger partial charge in [-0.2, -0.15) is 13.2 Å². The molecule has 2 N–H and O–H groups in total. The molecule has 0 aliphatic carbocycles. The van der Waals surface area contributed by atoms with Crippen LogP contribution in [-0.4, -0.2) is 48.5 Å². The molecule has 2 aliphatic rings. The maximum absolute atomic E-state index is 13.8. The van der Waals surface area contributed by atoms with E-state index in [-0.39, 0.29) is 11.1 Å². The van der Waals surface area contributed by atoms with Crippen LogP contribution in [0, 0.1) is 5.92 Å². The number of carbonyl (C=O) groups excluding carboxylic acids is 1. The molecule has 1 aromatic heterocycles. The Hall–Kier alpha value is -2.61. The first-order valence-electron chi connectivity index (χ1n) is 11.3. The Morgan fingerprint density at radius 3 is 2.41 bits per heavy atom. The number of carbonyl (C=O) groups is 1. The summed E-state index contributed by atoms with van der Waals surface area (Å²) in [6, 6.07) is 6.74. The zero-order valence-electron chi connectivity index (χ0n) is 18.1. The number of pyridine rings is 1. The molecule has 0 radical (unpaired) electrons. The van der Waals surface area contributed by atoms with Crippen molar-refractivity contribution in [2.45, 2.75) is 38.3 Å². The van der Waals surface area contributed by atoms with Gasteiger partial charge in [-0.1, -0.05) is 12.5 Å². The molecular formula is C24H29F3N4O. The van der Waals surface area contributed by atoms with Crippen LogP contribution in [0.1, 0.15) is 48.0 Å². The Morgan fingerprint density at radius 2 is 1.75 bits per heavy atom. The monoisotopic (exact) mass is 446 g/mol. The largest absolute Gasteiger partial charge is 0.417 e. The topological polar surface area (TPSA) is 62.5 Å². The summed E-state index contributed by atoms with van der Waals surface area (Å²) >= 11 is 0. The minimum absolute atomic E-state index is 0.144. The van der Waals surface area contributed by atoms with Gasteiger partial charge < -0.3 is 15.5 Å². The van der Waals surface area contributed by atoms with Crippen molar-refractivity contribution in [2.24, 2.45) is 11.7 Å². The highest BCUT2D eigenvalue weighted by atomic mass is 19.4. The fourth-order valence-electron chi connectivity index (χ4n) is 4.96. The van der Waals surface area contributed by atoms with Gasteiger partial charge >= 0.3 is 6.18 Å². The number of rotatable bonds is 5. The predicted octanol–water partition coefficient (Wildman–Crippen LogP) is 4.57. The molecule has 2 fully saturated rings. The van der Waals surface area contributed by atoms with Crippen molar-refractivity contribution >= 4 is 11.7 Å². The molecule has 1 amide bonds. The lowest BCUT2D eigenvalue weighted by Crippen LogP contribution is -2.40. The Morgan fingerprint density at radius 1 is 1.03 bits per heavy atom. The molecule has 0 atom stereocenters. The number of piperidine rings is 2. The molecule has 2 aliphatic heterocycles. The van der Waals surface area contributed by atoms with Gasteiger partial charge in [-0.3, -0.25) is 4.79 Å². The van der Waals surface area contributed by atoms with Gasteiger partial charge in [0.1, 0.15) is 5.82 Å². The molecule has 172 valence electrons. The van der Waals surface area contributed by atoms with E-state index in [1.807, 2.05) is 4.90 Å². The van der Waals surface area contributed by atoms with Crippen LogP contribution in [-0.2, 0) is 6.18 Å². The molecule has 8 heteroatoms. The van der Waals surface area contributed by atoms with E-state index < -0.39 is 17.6 Å². The Balaban J connectivity index is 1.60. The molecule has 0 spiro atoms. The SMILES string of the molecule is NC(=O)c1cccc(C(F)(F)F)c1-c1cccnc1N1CCC(CN2CCCCC2)CC1. The van der Waals surface area contributed by atoms with Crippen molar-refractivity contribution in [1.82, 2.24) is 9.88 Å². The second kappa shape index (κ2) is 9.48. The molecule has 0 saturated carbocycles. The van der Waals surface area contributed by atoms with E-state index >= 15 is 0 Å². The Kier molecular flexibility index (Phi) is 6.69. The summed E-state index contributed by atoms with van der Waals surface area (Å²) in [6.07, 6.45) is 2.73. The van der Waals surface area contributed by atoms with Crippen LogP contribution in [0.4, 0.5) is 19.0 Å². The highest BCUT2D eigenvalue weighted by Crippen LogP contribution is 2.42. The van der Waals surface area contributed by atoms with Crippen molar-refractivity contribution in [3.8, 4) is 11.1 Å². The van der Waals surface area contributed by atoms with Crippen LogP contribution in [0.2, 0.25) is 0 Å². The first-order chi connectivity index (χ1) is 15.3. The van der Waals surface area contributed by atoms with E-state index in [1.165, 1.54) is 31.4 Å². The lowest BCUT2D eigenvalue weighted by atomic mass is 9.92. The van der Waals surface area contributed by atoms with Gasteiger partial charge in [0, 0.05) is 42.5 Å². The molecule has 2 aromatic rings. The summed E-state index contributed by atoms with van der Waals surface area (Å²) in [5.74, 6) is 0.171.